The van der Waals surface area contributed by atoms with Gasteiger partial charge in [-0.1, -0.05) is 34.1 Å². The lowest BCUT2D eigenvalue weighted by atomic mass is 10.1. The van der Waals surface area contributed by atoms with Crippen LogP contribution >= 0.6 is 27.7 Å². The van der Waals surface area contributed by atoms with Gasteiger partial charge in [-0.05, 0) is 35.9 Å². The normalized spacial score (nSPS) is 12.4. The van der Waals surface area contributed by atoms with Gasteiger partial charge in [0.15, 0.2) is 0 Å². The zero-order valence-corrected chi connectivity index (χ0v) is 12.6. The number of halogens is 2. The van der Waals surface area contributed by atoms with E-state index in [1.54, 1.807) is 17.8 Å². The Morgan fingerprint density at radius 2 is 1.89 bits per heavy atom. The number of benzene rings is 2. The van der Waals surface area contributed by atoms with Crippen LogP contribution in [0.1, 0.15) is 5.56 Å². The van der Waals surface area contributed by atoms with Gasteiger partial charge < -0.3 is 5.11 Å². The van der Waals surface area contributed by atoms with Crippen molar-refractivity contribution in [2.24, 2.45) is 0 Å². The molecule has 2 aromatic rings. The van der Waals surface area contributed by atoms with E-state index in [0.29, 0.717) is 12.2 Å². The average Bonchev–Trinajstić information content (AvgIpc) is 2.42. The number of aliphatic hydroxyl groups excluding tert-OH is 1. The molecule has 4 heteroatoms. The van der Waals surface area contributed by atoms with E-state index in [4.69, 9.17) is 0 Å². The van der Waals surface area contributed by atoms with E-state index in [-0.39, 0.29) is 5.82 Å². The fourth-order valence-corrected chi connectivity index (χ4v) is 2.98. The summed E-state index contributed by atoms with van der Waals surface area (Å²) in [5, 5.41) is 10.0. The molecule has 0 radical (unpaired) electrons. The highest BCUT2D eigenvalue weighted by atomic mass is 79.9. The molecular formula is C15H14BrFOS. The first kappa shape index (κ1) is 14.6. The van der Waals surface area contributed by atoms with Crippen LogP contribution in [0, 0.1) is 5.82 Å². The number of thioether (sulfide) groups is 1. The van der Waals surface area contributed by atoms with Gasteiger partial charge in [0, 0.05) is 21.5 Å². The van der Waals surface area contributed by atoms with Crippen LogP contribution in [-0.4, -0.2) is 17.0 Å². The van der Waals surface area contributed by atoms with Gasteiger partial charge in [-0.15, -0.1) is 11.8 Å². The van der Waals surface area contributed by atoms with E-state index in [9.17, 15) is 9.50 Å². The van der Waals surface area contributed by atoms with Crippen LogP contribution in [0.25, 0.3) is 0 Å². The summed E-state index contributed by atoms with van der Waals surface area (Å²) in [6, 6.07) is 14.5. The molecular weight excluding hydrogens is 327 g/mol. The van der Waals surface area contributed by atoms with Gasteiger partial charge >= 0.3 is 0 Å². The second-order valence-corrected chi connectivity index (χ2v) is 6.17. The third kappa shape index (κ3) is 4.64. The fraction of sp³-hybridized carbons (Fsp3) is 0.200. The van der Waals surface area contributed by atoms with Crippen molar-refractivity contribution < 1.29 is 9.50 Å². The van der Waals surface area contributed by atoms with Crippen molar-refractivity contribution in [1.82, 2.24) is 0 Å². The van der Waals surface area contributed by atoms with Crippen LogP contribution in [0.4, 0.5) is 4.39 Å². The highest BCUT2D eigenvalue weighted by Gasteiger charge is 2.10. The highest BCUT2D eigenvalue weighted by Crippen LogP contribution is 2.22. The van der Waals surface area contributed by atoms with E-state index in [2.05, 4.69) is 15.9 Å². The topological polar surface area (TPSA) is 20.2 Å². The van der Waals surface area contributed by atoms with Crippen molar-refractivity contribution in [2.75, 3.05) is 5.75 Å². The predicted octanol–water partition coefficient (Wildman–Crippen LogP) is 4.28. The van der Waals surface area contributed by atoms with Crippen LogP contribution < -0.4 is 0 Å². The Balaban J connectivity index is 1.90. The number of rotatable bonds is 5. The molecule has 100 valence electrons. The maximum Gasteiger partial charge on any atom is 0.123 e. The second-order valence-electron chi connectivity index (χ2n) is 4.22. The average molecular weight is 341 g/mol. The van der Waals surface area contributed by atoms with E-state index in [0.717, 1.165) is 14.9 Å². The Kier molecular flexibility index (Phi) is 5.43. The minimum Gasteiger partial charge on any atom is -0.392 e. The zero-order valence-electron chi connectivity index (χ0n) is 10.2. The lowest BCUT2D eigenvalue weighted by Crippen LogP contribution is -2.14. The summed E-state index contributed by atoms with van der Waals surface area (Å²) in [6.45, 7) is 0. The Morgan fingerprint density at radius 1 is 1.16 bits per heavy atom. The van der Waals surface area contributed by atoms with E-state index >= 15 is 0 Å². The lowest BCUT2D eigenvalue weighted by molar-refractivity contribution is 0.200. The molecule has 1 nitrogen and oxygen atoms in total. The quantitative estimate of drug-likeness (QED) is 0.819. The maximum atomic E-state index is 13.1. The van der Waals surface area contributed by atoms with Gasteiger partial charge in [-0.2, -0.15) is 0 Å². The summed E-state index contributed by atoms with van der Waals surface area (Å²) in [4.78, 5) is 1.12. The van der Waals surface area contributed by atoms with Crippen LogP contribution in [0.15, 0.2) is 57.9 Å². The van der Waals surface area contributed by atoms with Gasteiger partial charge in [-0.3, -0.25) is 0 Å². The molecule has 0 aliphatic carbocycles. The molecule has 0 aliphatic heterocycles. The van der Waals surface area contributed by atoms with Gasteiger partial charge in [0.1, 0.15) is 5.82 Å². The molecule has 0 amide bonds. The van der Waals surface area contributed by atoms with Crippen molar-refractivity contribution in [1.29, 1.82) is 0 Å². The Morgan fingerprint density at radius 3 is 2.63 bits per heavy atom. The standard InChI is InChI=1S/C15H14BrFOS/c16-15-7-6-12(17)8-11(15)9-13(18)10-19-14-4-2-1-3-5-14/h1-8,13,18H,9-10H2. The largest absolute Gasteiger partial charge is 0.392 e. The number of hydrogen-bond donors (Lipinski definition) is 1. The van der Waals surface area contributed by atoms with Crippen molar-refractivity contribution >= 4 is 27.7 Å². The van der Waals surface area contributed by atoms with Gasteiger partial charge in [-0.25, -0.2) is 4.39 Å². The maximum absolute atomic E-state index is 13.1. The SMILES string of the molecule is OC(CSc1ccccc1)Cc1cc(F)ccc1Br. The molecule has 0 aliphatic rings. The highest BCUT2D eigenvalue weighted by molar-refractivity contribution is 9.10. The lowest BCUT2D eigenvalue weighted by Gasteiger charge is -2.11. The molecule has 0 fully saturated rings. The molecule has 1 N–H and O–H groups in total. The third-order valence-corrected chi connectivity index (χ3v) is 4.58. The smallest absolute Gasteiger partial charge is 0.123 e. The molecule has 1 atom stereocenters. The first-order valence-electron chi connectivity index (χ1n) is 5.95. The van der Waals surface area contributed by atoms with Gasteiger partial charge in [0.25, 0.3) is 0 Å². The van der Waals surface area contributed by atoms with E-state index in [1.165, 1.54) is 12.1 Å². The fourth-order valence-electron chi connectivity index (χ4n) is 1.72. The van der Waals surface area contributed by atoms with Gasteiger partial charge in [0.05, 0.1) is 6.10 Å². The molecule has 0 saturated heterocycles. The summed E-state index contributed by atoms with van der Waals surface area (Å²) in [7, 11) is 0. The molecule has 19 heavy (non-hydrogen) atoms. The molecule has 0 aromatic heterocycles. The first-order valence-corrected chi connectivity index (χ1v) is 7.73. The van der Waals surface area contributed by atoms with Crippen molar-refractivity contribution in [3.05, 3.63) is 64.4 Å². The molecule has 0 saturated carbocycles. The Hall–Kier alpha value is -0.840. The summed E-state index contributed by atoms with van der Waals surface area (Å²) in [6.07, 6.45) is -0.0543. The molecule has 0 spiro atoms. The molecule has 2 aromatic carbocycles. The number of aliphatic hydroxyl groups is 1. The van der Waals surface area contributed by atoms with E-state index < -0.39 is 6.10 Å². The van der Waals surface area contributed by atoms with Crippen LogP contribution in [0.3, 0.4) is 0 Å². The van der Waals surface area contributed by atoms with Crippen LogP contribution in [-0.2, 0) is 6.42 Å². The summed E-state index contributed by atoms with van der Waals surface area (Å²) >= 11 is 4.97. The first-order chi connectivity index (χ1) is 9.15. The predicted molar refractivity (Wildman–Crippen MR) is 81.0 cm³/mol. The molecule has 1 unspecified atom stereocenters. The molecule has 0 bridgehead atoms. The molecule has 0 heterocycles. The Labute approximate surface area is 125 Å². The zero-order chi connectivity index (χ0) is 13.7. The summed E-state index contributed by atoms with van der Waals surface area (Å²) < 4.78 is 14.0. The van der Waals surface area contributed by atoms with Crippen molar-refractivity contribution in [3.8, 4) is 0 Å². The van der Waals surface area contributed by atoms with Crippen LogP contribution in [0.2, 0.25) is 0 Å². The van der Waals surface area contributed by atoms with Gasteiger partial charge in [0.2, 0.25) is 0 Å². The summed E-state index contributed by atoms with van der Waals surface area (Å²) in [5.41, 5.74) is 0.793. The second kappa shape index (κ2) is 7.08. The van der Waals surface area contributed by atoms with Crippen molar-refractivity contribution in [2.45, 2.75) is 17.4 Å². The molecule has 2 rings (SSSR count). The minimum atomic E-state index is -0.497. The number of hydrogen-bond acceptors (Lipinski definition) is 2. The van der Waals surface area contributed by atoms with Crippen molar-refractivity contribution in [3.63, 3.8) is 0 Å². The third-order valence-electron chi connectivity index (χ3n) is 2.65. The monoisotopic (exact) mass is 340 g/mol. The van der Waals surface area contributed by atoms with E-state index in [1.807, 2.05) is 30.3 Å². The van der Waals surface area contributed by atoms with Crippen LogP contribution in [0.5, 0.6) is 0 Å². The summed E-state index contributed by atoms with van der Waals surface area (Å²) in [5.74, 6) is 0.313. The minimum absolute atomic E-state index is 0.277. The Bertz CT molecular complexity index is 533.